The Morgan fingerprint density at radius 3 is 2.45 bits per heavy atom. The first-order chi connectivity index (χ1) is 9.72. The van der Waals surface area contributed by atoms with E-state index < -0.39 is 0 Å². The topological polar surface area (TPSA) is 64.4 Å². The Balaban J connectivity index is 2.15. The number of methoxy groups -OCH3 is 1. The zero-order valence-corrected chi connectivity index (χ0v) is 11.2. The number of para-hydroxylation sites is 2. The van der Waals surface area contributed by atoms with Gasteiger partial charge in [0.25, 0.3) is 5.69 Å². The molecule has 0 heterocycles. The second-order valence-corrected chi connectivity index (χ2v) is 4.33. The van der Waals surface area contributed by atoms with Crippen molar-refractivity contribution in [3.63, 3.8) is 0 Å². The van der Waals surface area contributed by atoms with Crippen molar-refractivity contribution in [3.05, 3.63) is 69.8 Å². The molecule has 5 heteroatoms. The summed E-state index contributed by atoms with van der Waals surface area (Å²) in [6, 6.07) is 14.5. The maximum atomic E-state index is 10.9. The van der Waals surface area contributed by atoms with Crippen LogP contribution in [0.1, 0.15) is 11.1 Å². The van der Waals surface area contributed by atoms with Crippen molar-refractivity contribution in [2.24, 2.45) is 0 Å². The van der Waals surface area contributed by atoms with Crippen molar-refractivity contribution in [2.45, 2.75) is 13.2 Å². The highest BCUT2D eigenvalue weighted by Gasteiger charge is 2.12. The molecule has 0 aromatic heterocycles. The van der Waals surface area contributed by atoms with Crippen LogP contribution >= 0.6 is 0 Å². The number of rotatable bonds is 6. The molecule has 104 valence electrons. The Morgan fingerprint density at radius 1 is 1.10 bits per heavy atom. The second kappa shape index (κ2) is 6.68. The molecule has 5 nitrogen and oxygen atoms in total. The fourth-order valence-corrected chi connectivity index (χ4v) is 2.00. The summed E-state index contributed by atoms with van der Waals surface area (Å²) in [6.07, 6.45) is 0. The van der Waals surface area contributed by atoms with Crippen LogP contribution in [0.5, 0.6) is 0 Å². The van der Waals surface area contributed by atoms with Crippen LogP contribution in [0.25, 0.3) is 0 Å². The third-order valence-electron chi connectivity index (χ3n) is 2.99. The molecule has 0 aliphatic rings. The predicted molar refractivity (Wildman–Crippen MR) is 77.6 cm³/mol. The van der Waals surface area contributed by atoms with Crippen molar-refractivity contribution >= 4 is 11.4 Å². The molecule has 0 unspecified atom stereocenters. The lowest BCUT2D eigenvalue weighted by molar-refractivity contribution is -0.384. The molecule has 0 spiro atoms. The summed E-state index contributed by atoms with van der Waals surface area (Å²) in [5, 5.41) is 14.1. The Kier molecular flexibility index (Phi) is 4.68. The third kappa shape index (κ3) is 3.33. The van der Waals surface area contributed by atoms with Crippen LogP contribution in [-0.2, 0) is 17.9 Å². The SMILES string of the molecule is COCc1ccccc1CNc1ccccc1[N+](=O)[O-]. The zero-order chi connectivity index (χ0) is 14.4. The molecule has 20 heavy (non-hydrogen) atoms. The van der Waals surface area contributed by atoms with E-state index in [4.69, 9.17) is 4.74 Å². The molecule has 0 saturated heterocycles. The Hall–Kier alpha value is -2.40. The highest BCUT2D eigenvalue weighted by molar-refractivity contribution is 5.61. The normalized spacial score (nSPS) is 10.2. The fourth-order valence-electron chi connectivity index (χ4n) is 2.00. The number of nitrogens with zero attached hydrogens (tertiary/aromatic N) is 1. The maximum absolute atomic E-state index is 10.9. The molecule has 0 saturated carbocycles. The van der Waals surface area contributed by atoms with Crippen LogP contribution in [-0.4, -0.2) is 12.0 Å². The van der Waals surface area contributed by atoms with E-state index in [0.717, 1.165) is 11.1 Å². The monoisotopic (exact) mass is 272 g/mol. The van der Waals surface area contributed by atoms with E-state index in [1.165, 1.54) is 6.07 Å². The standard InChI is InChI=1S/C15H16N2O3/c1-20-11-13-7-3-2-6-12(13)10-16-14-8-4-5-9-15(14)17(18)19/h2-9,16H,10-11H2,1H3. The number of hydrogen-bond donors (Lipinski definition) is 1. The first-order valence-corrected chi connectivity index (χ1v) is 6.25. The van der Waals surface area contributed by atoms with Crippen molar-refractivity contribution in [3.8, 4) is 0 Å². The summed E-state index contributed by atoms with van der Waals surface area (Å²) in [7, 11) is 1.65. The number of nitro benzene ring substituents is 1. The number of nitro groups is 1. The fraction of sp³-hybridized carbons (Fsp3) is 0.200. The van der Waals surface area contributed by atoms with Gasteiger partial charge in [-0.25, -0.2) is 0 Å². The van der Waals surface area contributed by atoms with Gasteiger partial charge in [-0.2, -0.15) is 0 Å². The van der Waals surface area contributed by atoms with E-state index in [1.54, 1.807) is 25.3 Å². The van der Waals surface area contributed by atoms with Crippen LogP contribution in [0.15, 0.2) is 48.5 Å². The second-order valence-electron chi connectivity index (χ2n) is 4.33. The molecule has 0 atom stereocenters. The summed E-state index contributed by atoms with van der Waals surface area (Å²) in [6.45, 7) is 1.04. The van der Waals surface area contributed by atoms with Gasteiger partial charge in [0.05, 0.1) is 11.5 Å². The van der Waals surface area contributed by atoms with Crippen molar-refractivity contribution in [1.82, 2.24) is 0 Å². The quantitative estimate of drug-likeness (QED) is 0.647. The van der Waals surface area contributed by atoms with Gasteiger partial charge in [0.15, 0.2) is 0 Å². The van der Waals surface area contributed by atoms with Gasteiger partial charge in [-0.3, -0.25) is 10.1 Å². The molecule has 0 aliphatic heterocycles. The van der Waals surface area contributed by atoms with Gasteiger partial charge in [-0.05, 0) is 17.2 Å². The van der Waals surface area contributed by atoms with Gasteiger partial charge >= 0.3 is 0 Å². The molecule has 0 radical (unpaired) electrons. The number of nitrogens with one attached hydrogen (secondary N) is 1. The highest BCUT2D eigenvalue weighted by Crippen LogP contribution is 2.24. The van der Waals surface area contributed by atoms with E-state index in [0.29, 0.717) is 18.8 Å². The average molecular weight is 272 g/mol. The van der Waals surface area contributed by atoms with Crippen molar-refractivity contribution < 1.29 is 9.66 Å². The smallest absolute Gasteiger partial charge is 0.292 e. The van der Waals surface area contributed by atoms with Gasteiger partial charge in [0, 0.05) is 19.7 Å². The Morgan fingerprint density at radius 2 is 1.75 bits per heavy atom. The summed E-state index contributed by atoms with van der Waals surface area (Å²) >= 11 is 0. The van der Waals surface area contributed by atoms with Crippen molar-refractivity contribution in [2.75, 3.05) is 12.4 Å². The lowest BCUT2D eigenvalue weighted by atomic mass is 10.1. The molecule has 0 bridgehead atoms. The lowest BCUT2D eigenvalue weighted by Gasteiger charge is -2.11. The number of hydrogen-bond acceptors (Lipinski definition) is 4. The molecule has 2 aromatic rings. The molecule has 0 fully saturated rings. The van der Waals surface area contributed by atoms with E-state index >= 15 is 0 Å². The number of anilines is 1. The molecule has 0 amide bonds. The molecular formula is C15H16N2O3. The molecular weight excluding hydrogens is 256 g/mol. The van der Waals surface area contributed by atoms with Crippen LogP contribution in [0.3, 0.4) is 0 Å². The molecule has 2 aromatic carbocycles. The van der Waals surface area contributed by atoms with Crippen LogP contribution in [0, 0.1) is 10.1 Å². The minimum absolute atomic E-state index is 0.0803. The van der Waals surface area contributed by atoms with E-state index in [-0.39, 0.29) is 10.6 Å². The summed E-state index contributed by atoms with van der Waals surface area (Å²) in [4.78, 5) is 10.6. The Labute approximate surface area is 117 Å². The third-order valence-corrected chi connectivity index (χ3v) is 2.99. The molecule has 2 rings (SSSR count). The van der Waals surface area contributed by atoms with Gasteiger partial charge in [0.2, 0.25) is 0 Å². The number of benzene rings is 2. The largest absolute Gasteiger partial charge is 0.380 e. The summed E-state index contributed by atoms with van der Waals surface area (Å²) < 4.78 is 5.15. The van der Waals surface area contributed by atoms with Crippen LogP contribution in [0.2, 0.25) is 0 Å². The van der Waals surface area contributed by atoms with Crippen molar-refractivity contribution in [1.29, 1.82) is 0 Å². The summed E-state index contributed by atoms with van der Waals surface area (Å²) in [5.41, 5.74) is 2.73. The maximum Gasteiger partial charge on any atom is 0.292 e. The van der Waals surface area contributed by atoms with Crippen LogP contribution < -0.4 is 5.32 Å². The first kappa shape index (κ1) is 14.0. The molecule has 1 N–H and O–H groups in total. The van der Waals surface area contributed by atoms with E-state index in [2.05, 4.69) is 5.32 Å². The van der Waals surface area contributed by atoms with Crippen LogP contribution in [0.4, 0.5) is 11.4 Å². The van der Waals surface area contributed by atoms with Gasteiger partial charge in [-0.1, -0.05) is 36.4 Å². The molecule has 0 aliphatic carbocycles. The van der Waals surface area contributed by atoms with E-state index in [1.807, 2.05) is 24.3 Å². The number of ether oxygens (including phenoxy) is 1. The van der Waals surface area contributed by atoms with Gasteiger partial charge < -0.3 is 10.1 Å². The van der Waals surface area contributed by atoms with Gasteiger partial charge in [-0.15, -0.1) is 0 Å². The highest BCUT2D eigenvalue weighted by atomic mass is 16.6. The van der Waals surface area contributed by atoms with E-state index in [9.17, 15) is 10.1 Å². The average Bonchev–Trinajstić information content (AvgIpc) is 2.47. The minimum atomic E-state index is -0.386. The Bertz CT molecular complexity index is 599. The lowest BCUT2D eigenvalue weighted by Crippen LogP contribution is -2.05. The predicted octanol–water partition coefficient (Wildman–Crippen LogP) is 3.35. The zero-order valence-electron chi connectivity index (χ0n) is 11.2. The minimum Gasteiger partial charge on any atom is -0.380 e. The summed E-state index contributed by atoms with van der Waals surface area (Å²) in [5.74, 6) is 0. The first-order valence-electron chi connectivity index (χ1n) is 6.25. The van der Waals surface area contributed by atoms with Gasteiger partial charge in [0.1, 0.15) is 5.69 Å².